The smallest absolute Gasteiger partial charge is 0.493 e. The Hall–Kier alpha value is -2.25. The molecule has 4 rings (SSSR count). The highest BCUT2D eigenvalue weighted by Gasteiger charge is 2.53. The molecule has 7 nitrogen and oxygen atoms in total. The SMILES string of the molecule is COc1ccc2c3c1O[C@H]1C[C@@H](OC(=O)OCCN(C)C)C=CC31CCN(C)C2. The maximum atomic E-state index is 12.1. The molecule has 0 aromatic heterocycles. The zero-order valence-electron chi connectivity index (χ0n) is 17.6. The van der Waals surface area contributed by atoms with E-state index in [0.29, 0.717) is 19.6 Å². The van der Waals surface area contributed by atoms with Crippen LogP contribution in [-0.4, -0.2) is 76.1 Å². The number of methoxy groups -OCH3 is 1. The van der Waals surface area contributed by atoms with E-state index in [2.05, 4.69) is 24.1 Å². The van der Waals surface area contributed by atoms with Crippen molar-refractivity contribution in [2.45, 2.75) is 37.0 Å². The van der Waals surface area contributed by atoms with Crippen LogP contribution in [-0.2, 0) is 21.4 Å². The summed E-state index contributed by atoms with van der Waals surface area (Å²) in [5.41, 5.74) is 2.29. The Morgan fingerprint density at radius 1 is 1.38 bits per heavy atom. The molecule has 0 radical (unpaired) electrons. The molecule has 3 aliphatic rings. The highest BCUT2D eigenvalue weighted by molar-refractivity contribution is 5.62. The standard InChI is InChI=1S/C22H30N2O5/c1-23(2)11-12-27-21(25)28-16-7-8-22-9-10-24(3)14-15-5-6-17(26-4)20(19(15)22)29-18(22)13-16/h5-8,16,18H,9-14H2,1-4H3/t16-,18-,22?/m0/s1. The van der Waals surface area contributed by atoms with E-state index in [1.165, 1.54) is 11.1 Å². The van der Waals surface area contributed by atoms with Crippen molar-refractivity contribution < 1.29 is 23.7 Å². The van der Waals surface area contributed by atoms with Gasteiger partial charge in [0.2, 0.25) is 0 Å². The van der Waals surface area contributed by atoms with Gasteiger partial charge < -0.3 is 28.7 Å². The van der Waals surface area contributed by atoms with Gasteiger partial charge in [0, 0.05) is 25.1 Å². The minimum absolute atomic E-state index is 0.0939. The van der Waals surface area contributed by atoms with Gasteiger partial charge >= 0.3 is 6.16 Å². The molecular formula is C22H30N2O5. The van der Waals surface area contributed by atoms with E-state index < -0.39 is 6.16 Å². The van der Waals surface area contributed by atoms with Crippen LogP contribution in [0.5, 0.6) is 11.5 Å². The maximum Gasteiger partial charge on any atom is 0.508 e. The molecule has 0 saturated heterocycles. The predicted molar refractivity (Wildman–Crippen MR) is 109 cm³/mol. The summed E-state index contributed by atoms with van der Waals surface area (Å²) < 4.78 is 22.7. The molecule has 1 aliphatic carbocycles. The van der Waals surface area contributed by atoms with Gasteiger partial charge in [-0.15, -0.1) is 0 Å². The quantitative estimate of drug-likeness (QED) is 0.554. The topological polar surface area (TPSA) is 60.5 Å². The third-order valence-electron chi connectivity index (χ3n) is 6.14. The average Bonchev–Trinajstić information content (AvgIpc) is 2.93. The van der Waals surface area contributed by atoms with Crippen molar-refractivity contribution in [1.29, 1.82) is 0 Å². The van der Waals surface area contributed by atoms with E-state index in [1.807, 2.05) is 31.1 Å². The summed E-state index contributed by atoms with van der Waals surface area (Å²) in [4.78, 5) is 16.3. The first-order valence-corrected chi connectivity index (χ1v) is 10.2. The number of rotatable bonds is 5. The van der Waals surface area contributed by atoms with Crippen LogP contribution in [0, 0.1) is 0 Å². The lowest BCUT2D eigenvalue weighted by atomic mass is 9.69. The van der Waals surface area contributed by atoms with Crippen LogP contribution >= 0.6 is 0 Å². The van der Waals surface area contributed by atoms with Crippen molar-refractivity contribution in [2.75, 3.05) is 47.9 Å². The molecule has 1 spiro atoms. The molecular weight excluding hydrogens is 372 g/mol. The van der Waals surface area contributed by atoms with Gasteiger partial charge in [0.15, 0.2) is 11.5 Å². The van der Waals surface area contributed by atoms with Gasteiger partial charge in [-0.1, -0.05) is 12.1 Å². The zero-order valence-corrected chi connectivity index (χ0v) is 17.6. The Balaban J connectivity index is 1.55. The normalized spacial score (nSPS) is 27.6. The number of ether oxygens (including phenoxy) is 4. The molecule has 158 valence electrons. The number of carbonyl (C=O) groups excluding carboxylic acids is 1. The van der Waals surface area contributed by atoms with Gasteiger partial charge in [0.05, 0.1) is 12.5 Å². The predicted octanol–water partition coefficient (Wildman–Crippen LogP) is 2.57. The lowest BCUT2D eigenvalue weighted by Gasteiger charge is -2.36. The van der Waals surface area contributed by atoms with Crippen LogP contribution in [0.25, 0.3) is 0 Å². The summed E-state index contributed by atoms with van der Waals surface area (Å²) in [6, 6.07) is 4.13. The minimum Gasteiger partial charge on any atom is -0.493 e. The molecule has 0 N–H and O–H groups in total. The van der Waals surface area contributed by atoms with Gasteiger partial charge in [-0.25, -0.2) is 4.79 Å². The van der Waals surface area contributed by atoms with Crippen LogP contribution < -0.4 is 9.47 Å². The van der Waals surface area contributed by atoms with Gasteiger partial charge in [-0.2, -0.15) is 0 Å². The van der Waals surface area contributed by atoms with E-state index in [0.717, 1.165) is 31.0 Å². The number of carbonyl (C=O) groups is 1. The second-order valence-corrected chi connectivity index (χ2v) is 8.42. The molecule has 7 heteroatoms. The number of likely N-dealkylation sites (N-methyl/N-ethyl adjacent to an activating group) is 1. The van der Waals surface area contributed by atoms with Crippen molar-refractivity contribution in [2.24, 2.45) is 0 Å². The van der Waals surface area contributed by atoms with Gasteiger partial charge in [0.25, 0.3) is 0 Å². The van der Waals surface area contributed by atoms with Crippen molar-refractivity contribution >= 4 is 6.16 Å². The monoisotopic (exact) mass is 402 g/mol. The molecule has 2 heterocycles. The van der Waals surface area contributed by atoms with Crippen LogP contribution in [0.2, 0.25) is 0 Å². The van der Waals surface area contributed by atoms with Crippen molar-refractivity contribution in [3.05, 3.63) is 35.4 Å². The summed E-state index contributed by atoms with van der Waals surface area (Å²) in [6.45, 7) is 2.83. The third-order valence-corrected chi connectivity index (χ3v) is 6.14. The van der Waals surface area contributed by atoms with Crippen LogP contribution in [0.4, 0.5) is 4.79 Å². The van der Waals surface area contributed by atoms with E-state index in [4.69, 9.17) is 18.9 Å². The summed E-state index contributed by atoms with van der Waals surface area (Å²) in [6.07, 6.45) is 4.65. The molecule has 0 amide bonds. The number of benzene rings is 1. The van der Waals surface area contributed by atoms with Crippen molar-refractivity contribution in [3.63, 3.8) is 0 Å². The van der Waals surface area contributed by atoms with E-state index >= 15 is 0 Å². The van der Waals surface area contributed by atoms with Crippen LogP contribution in [0.3, 0.4) is 0 Å². The Morgan fingerprint density at radius 3 is 2.97 bits per heavy atom. The molecule has 0 saturated carbocycles. The summed E-state index contributed by atoms with van der Waals surface area (Å²) in [5.74, 6) is 1.60. The fourth-order valence-electron chi connectivity index (χ4n) is 4.62. The van der Waals surface area contributed by atoms with Crippen molar-refractivity contribution in [3.8, 4) is 11.5 Å². The molecule has 1 aromatic rings. The zero-order chi connectivity index (χ0) is 20.6. The molecule has 0 fully saturated rings. The summed E-state index contributed by atoms with van der Waals surface area (Å²) in [5, 5.41) is 0. The van der Waals surface area contributed by atoms with Gasteiger partial charge in [0.1, 0.15) is 18.8 Å². The third kappa shape index (κ3) is 3.69. The molecule has 1 unspecified atom stereocenters. The van der Waals surface area contributed by atoms with Crippen molar-refractivity contribution in [1.82, 2.24) is 9.80 Å². The lowest BCUT2D eigenvalue weighted by Crippen LogP contribution is -2.43. The van der Waals surface area contributed by atoms with Gasteiger partial charge in [-0.3, -0.25) is 0 Å². The number of nitrogens with zero attached hydrogens (tertiary/aromatic N) is 2. The second-order valence-electron chi connectivity index (χ2n) is 8.42. The fraction of sp³-hybridized carbons (Fsp3) is 0.591. The first-order valence-electron chi connectivity index (χ1n) is 10.2. The van der Waals surface area contributed by atoms with E-state index in [1.54, 1.807) is 7.11 Å². The van der Waals surface area contributed by atoms with Crippen LogP contribution in [0.15, 0.2) is 24.3 Å². The molecule has 1 aromatic carbocycles. The summed E-state index contributed by atoms with van der Waals surface area (Å²) in [7, 11) is 7.68. The van der Waals surface area contributed by atoms with E-state index in [-0.39, 0.29) is 17.6 Å². The summed E-state index contributed by atoms with van der Waals surface area (Å²) >= 11 is 0. The Morgan fingerprint density at radius 2 is 2.21 bits per heavy atom. The van der Waals surface area contributed by atoms with Gasteiger partial charge in [-0.05, 0) is 51.8 Å². The lowest BCUT2D eigenvalue weighted by molar-refractivity contribution is 0.0116. The molecule has 2 aliphatic heterocycles. The number of hydrogen-bond donors (Lipinski definition) is 0. The Bertz CT molecular complexity index is 809. The Kier molecular flexibility index (Phi) is 5.44. The largest absolute Gasteiger partial charge is 0.508 e. The average molecular weight is 402 g/mol. The van der Waals surface area contributed by atoms with E-state index in [9.17, 15) is 4.79 Å². The molecule has 0 bridgehead atoms. The fourth-order valence-corrected chi connectivity index (χ4v) is 4.62. The molecule has 29 heavy (non-hydrogen) atoms. The number of hydrogen-bond acceptors (Lipinski definition) is 7. The molecule has 3 atom stereocenters. The highest BCUT2D eigenvalue weighted by atomic mass is 16.7. The highest BCUT2D eigenvalue weighted by Crippen LogP contribution is 2.55. The first-order chi connectivity index (χ1) is 13.9. The van der Waals surface area contributed by atoms with Crippen LogP contribution in [0.1, 0.15) is 24.0 Å². The second kappa shape index (κ2) is 7.88. The maximum absolute atomic E-state index is 12.1. The minimum atomic E-state index is -0.633. The Labute approximate surface area is 172 Å². The first kappa shape index (κ1) is 20.0.